The van der Waals surface area contributed by atoms with Crippen LogP contribution in [0.25, 0.3) is 0 Å². The monoisotopic (exact) mass is 232 g/mol. The second kappa shape index (κ2) is 5.71. The molecule has 0 unspecified atom stereocenters. The summed E-state index contributed by atoms with van der Waals surface area (Å²) in [5.74, 6) is 0.127. The number of nitrogen functional groups attached to an aromatic ring is 1. The molecule has 0 bridgehead atoms. The minimum Gasteiger partial charge on any atom is -0.399 e. The number of amides is 1. The van der Waals surface area contributed by atoms with Crippen LogP contribution in [0.1, 0.15) is 37.7 Å². The number of hydrogen-bond acceptors (Lipinski definition) is 2. The largest absolute Gasteiger partial charge is 0.399 e. The highest BCUT2D eigenvalue weighted by Gasteiger charge is 2.15. The summed E-state index contributed by atoms with van der Waals surface area (Å²) in [5, 5.41) is 3.11. The molecule has 3 N–H and O–H groups in total. The van der Waals surface area contributed by atoms with E-state index in [0.717, 1.165) is 24.1 Å². The summed E-state index contributed by atoms with van der Waals surface area (Å²) in [7, 11) is 0. The van der Waals surface area contributed by atoms with Crippen LogP contribution in [0.15, 0.2) is 24.3 Å². The highest BCUT2D eigenvalue weighted by atomic mass is 16.1. The number of nitrogens with one attached hydrogen (secondary N) is 1. The van der Waals surface area contributed by atoms with E-state index in [1.54, 1.807) is 0 Å². The molecule has 3 heteroatoms. The van der Waals surface area contributed by atoms with Crippen molar-refractivity contribution in [1.29, 1.82) is 0 Å². The molecule has 2 rings (SSSR count). The first-order chi connectivity index (χ1) is 8.24. The average Bonchev–Trinajstić information content (AvgIpc) is 2.33. The number of nitrogens with two attached hydrogens (primary N) is 1. The van der Waals surface area contributed by atoms with E-state index >= 15 is 0 Å². The van der Waals surface area contributed by atoms with Crippen molar-refractivity contribution < 1.29 is 4.79 Å². The van der Waals surface area contributed by atoms with E-state index in [9.17, 15) is 4.79 Å². The van der Waals surface area contributed by atoms with Crippen LogP contribution < -0.4 is 11.1 Å². The molecule has 92 valence electrons. The molecule has 17 heavy (non-hydrogen) atoms. The molecule has 0 aliphatic heterocycles. The minimum atomic E-state index is 0.127. The number of benzene rings is 1. The quantitative estimate of drug-likeness (QED) is 0.785. The SMILES string of the molecule is Nc1ccc(CC(=O)NC2CCCCC2)cc1. The zero-order chi connectivity index (χ0) is 12.1. The Hall–Kier alpha value is -1.51. The number of anilines is 1. The van der Waals surface area contributed by atoms with E-state index < -0.39 is 0 Å². The lowest BCUT2D eigenvalue weighted by Crippen LogP contribution is -2.37. The van der Waals surface area contributed by atoms with Gasteiger partial charge >= 0.3 is 0 Å². The van der Waals surface area contributed by atoms with Gasteiger partial charge in [-0.1, -0.05) is 31.4 Å². The Kier molecular flexibility index (Phi) is 4.02. The van der Waals surface area contributed by atoms with E-state index in [0.29, 0.717) is 12.5 Å². The molecule has 1 aromatic carbocycles. The van der Waals surface area contributed by atoms with Crippen LogP contribution in [-0.4, -0.2) is 11.9 Å². The van der Waals surface area contributed by atoms with Crippen LogP contribution in [0, 0.1) is 0 Å². The van der Waals surface area contributed by atoms with Crippen molar-refractivity contribution in [3.8, 4) is 0 Å². The van der Waals surface area contributed by atoms with Crippen LogP contribution >= 0.6 is 0 Å². The van der Waals surface area contributed by atoms with Gasteiger partial charge in [-0.2, -0.15) is 0 Å². The summed E-state index contributed by atoms with van der Waals surface area (Å²) < 4.78 is 0. The van der Waals surface area contributed by atoms with Gasteiger partial charge in [0.15, 0.2) is 0 Å². The standard InChI is InChI=1S/C14H20N2O/c15-12-8-6-11(7-9-12)10-14(17)16-13-4-2-1-3-5-13/h6-9,13H,1-5,10,15H2,(H,16,17). The van der Waals surface area contributed by atoms with Crippen molar-refractivity contribution in [3.63, 3.8) is 0 Å². The highest BCUT2D eigenvalue weighted by Crippen LogP contribution is 2.17. The molecule has 0 spiro atoms. The van der Waals surface area contributed by atoms with Crippen LogP contribution in [0.3, 0.4) is 0 Å². The van der Waals surface area contributed by atoms with E-state index in [1.165, 1.54) is 19.3 Å². The van der Waals surface area contributed by atoms with Crippen molar-refractivity contribution in [2.45, 2.75) is 44.6 Å². The van der Waals surface area contributed by atoms with Gasteiger partial charge in [-0.05, 0) is 30.5 Å². The molecule has 0 saturated heterocycles. The highest BCUT2D eigenvalue weighted by molar-refractivity contribution is 5.79. The van der Waals surface area contributed by atoms with Gasteiger partial charge < -0.3 is 11.1 Å². The summed E-state index contributed by atoms with van der Waals surface area (Å²) in [5.41, 5.74) is 7.36. The van der Waals surface area contributed by atoms with Crippen molar-refractivity contribution in [1.82, 2.24) is 5.32 Å². The second-order valence-corrected chi connectivity index (χ2v) is 4.82. The lowest BCUT2D eigenvalue weighted by molar-refractivity contribution is -0.121. The van der Waals surface area contributed by atoms with Crippen molar-refractivity contribution in [3.05, 3.63) is 29.8 Å². The van der Waals surface area contributed by atoms with Crippen molar-refractivity contribution >= 4 is 11.6 Å². The maximum Gasteiger partial charge on any atom is 0.224 e. The first kappa shape index (κ1) is 12.0. The van der Waals surface area contributed by atoms with Gasteiger partial charge in [-0.15, -0.1) is 0 Å². The second-order valence-electron chi connectivity index (χ2n) is 4.82. The third kappa shape index (κ3) is 3.77. The van der Waals surface area contributed by atoms with Crippen molar-refractivity contribution in [2.24, 2.45) is 0 Å². The first-order valence-electron chi connectivity index (χ1n) is 6.38. The maximum absolute atomic E-state index is 11.8. The Morgan fingerprint density at radius 1 is 1.18 bits per heavy atom. The molecule has 1 aliphatic rings. The third-order valence-corrected chi connectivity index (χ3v) is 3.31. The van der Waals surface area contributed by atoms with Gasteiger partial charge in [0.1, 0.15) is 0 Å². The Morgan fingerprint density at radius 2 is 1.82 bits per heavy atom. The minimum absolute atomic E-state index is 0.127. The third-order valence-electron chi connectivity index (χ3n) is 3.31. The predicted molar refractivity (Wildman–Crippen MR) is 69.6 cm³/mol. The number of rotatable bonds is 3. The Balaban J connectivity index is 1.82. The number of hydrogen-bond donors (Lipinski definition) is 2. The predicted octanol–water partition coefficient (Wildman–Crippen LogP) is 2.26. The molecule has 0 atom stereocenters. The van der Waals surface area contributed by atoms with Crippen LogP contribution in [0.5, 0.6) is 0 Å². The summed E-state index contributed by atoms with van der Waals surface area (Å²) >= 11 is 0. The summed E-state index contributed by atoms with van der Waals surface area (Å²) in [6.45, 7) is 0. The maximum atomic E-state index is 11.8. The molecule has 1 aliphatic carbocycles. The lowest BCUT2D eigenvalue weighted by Gasteiger charge is -2.22. The fourth-order valence-electron chi connectivity index (χ4n) is 2.35. The first-order valence-corrected chi connectivity index (χ1v) is 6.38. The summed E-state index contributed by atoms with van der Waals surface area (Å²) in [6.07, 6.45) is 6.52. The van der Waals surface area contributed by atoms with Gasteiger partial charge in [0.25, 0.3) is 0 Å². The van der Waals surface area contributed by atoms with Crippen LogP contribution in [0.2, 0.25) is 0 Å². The Bertz CT molecular complexity index is 366. The van der Waals surface area contributed by atoms with Gasteiger partial charge in [-0.3, -0.25) is 4.79 Å². The fourth-order valence-corrected chi connectivity index (χ4v) is 2.35. The van der Waals surface area contributed by atoms with E-state index in [-0.39, 0.29) is 5.91 Å². The normalized spacial score (nSPS) is 16.7. The Labute approximate surface area is 102 Å². The number of carbonyl (C=O) groups excluding carboxylic acids is 1. The van der Waals surface area contributed by atoms with E-state index in [4.69, 9.17) is 5.73 Å². The number of carbonyl (C=O) groups is 1. The van der Waals surface area contributed by atoms with Gasteiger partial charge in [0, 0.05) is 11.7 Å². The van der Waals surface area contributed by atoms with Crippen molar-refractivity contribution in [2.75, 3.05) is 5.73 Å². The fraction of sp³-hybridized carbons (Fsp3) is 0.500. The van der Waals surface area contributed by atoms with E-state index in [2.05, 4.69) is 5.32 Å². The molecule has 1 amide bonds. The topological polar surface area (TPSA) is 55.1 Å². The molecule has 0 aromatic heterocycles. The molecular weight excluding hydrogens is 212 g/mol. The zero-order valence-corrected chi connectivity index (χ0v) is 10.1. The van der Waals surface area contributed by atoms with Gasteiger partial charge in [0.05, 0.1) is 6.42 Å². The van der Waals surface area contributed by atoms with E-state index in [1.807, 2.05) is 24.3 Å². The van der Waals surface area contributed by atoms with Gasteiger partial charge in [-0.25, -0.2) is 0 Å². The molecule has 1 aromatic rings. The molecule has 0 heterocycles. The van der Waals surface area contributed by atoms with Gasteiger partial charge in [0.2, 0.25) is 5.91 Å². The lowest BCUT2D eigenvalue weighted by atomic mass is 9.95. The molecule has 1 fully saturated rings. The molecule has 1 saturated carbocycles. The summed E-state index contributed by atoms with van der Waals surface area (Å²) in [4.78, 5) is 11.8. The molecular formula is C14H20N2O. The Morgan fingerprint density at radius 3 is 2.47 bits per heavy atom. The molecule has 3 nitrogen and oxygen atoms in total. The zero-order valence-electron chi connectivity index (χ0n) is 10.1. The van der Waals surface area contributed by atoms with Crippen LogP contribution in [0.4, 0.5) is 5.69 Å². The average molecular weight is 232 g/mol. The molecule has 0 radical (unpaired) electrons. The smallest absolute Gasteiger partial charge is 0.224 e. The van der Waals surface area contributed by atoms with Crippen LogP contribution in [-0.2, 0) is 11.2 Å². The summed E-state index contributed by atoms with van der Waals surface area (Å²) in [6, 6.07) is 7.89.